The topological polar surface area (TPSA) is 44.4 Å². The number of H-pyrrole nitrogens is 1. The van der Waals surface area contributed by atoms with Crippen LogP contribution < -0.4 is 4.74 Å². The first kappa shape index (κ1) is 15.7. The van der Waals surface area contributed by atoms with Gasteiger partial charge in [0.25, 0.3) is 0 Å². The highest BCUT2D eigenvalue weighted by atomic mass is 16.5. The van der Waals surface area contributed by atoms with E-state index in [0.29, 0.717) is 6.17 Å². The van der Waals surface area contributed by atoms with Crippen molar-refractivity contribution in [2.45, 2.75) is 31.0 Å². The molecule has 27 heavy (non-hydrogen) atoms. The number of fused-ring (bicyclic) bond motifs is 5. The summed E-state index contributed by atoms with van der Waals surface area (Å²) in [6.07, 6.45) is 5.67. The zero-order valence-electron chi connectivity index (χ0n) is 15.6. The average Bonchev–Trinajstić information content (AvgIpc) is 3.13. The summed E-state index contributed by atoms with van der Waals surface area (Å²) in [6, 6.07) is 12.7. The van der Waals surface area contributed by atoms with Crippen molar-refractivity contribution in [1.29, 1.82) is 0 Å². The average molecular weight is 360 g/mol. The van der Waals surface area contributed by atoms with Gasteiger partial charge < -0.3 is 9.72 Å². The second-order valence-corrected chi connectivity index (χ2v) is 8.03. The quantitative estimate of drug-likeness (QED) is 0.760. The van der Waals surface area contributed by atoms with E-state index in [2.05, 4.69) is 45.1 Å². The van der Waals surface area contributed by atoms with Crippen LogP contribution in [0, 0.1) is 0 Å². The zero-order chi connectivity index (χ0) is 18.0. The predicted octanol–water partition coefficient (Wildman–Crippen LogP) is 3.43. The van der Waals surface area contributed by atoms with Gasteiger partial charge in [-0.1, -0.05) is 6.07 Å². The van der Waals surface area contributed by atoms with Crippen LogP contribution in [-0.2, 0) is 12.0 Å². The molecular formula is C22H24N4O. The molecule has 2 aromatic heterocycles. The molecule has 6 heterocycles. The molecule has 4 aliphatic rings. The molecule has 4 aliphatic heterocycles. The highest BCUT2D eigenvalue weighted by Crippen LogP contribution is 2.53. The summed E-state index contributed by atoms with van der Waals surface area (Å²) in [5.41, 5.74) is 5.46. The van der Waals surface area contributed by atoms with Gasteiger partial charge in [0.1, 0.15) is 11.9 Å². The van der Waals surface area contributed by atoms with E-state index in [-0.39, 0.29) is 5.54 Å². The molecule has 0 radical (unpaired) electrons. The summed E-state index contributed by atoms with van der Waals surface area (Å²) >= 11 is 0. The number of ether oxygens (including phenoxy) is 1. The largest absolute Gasteiger partial charge is 0.497 e. The van der Waals surface area contributed by atoms with Crippen molar-refractivity contribution in [2.24, 2.45) is 0 Å². The van der Waals surface area contributed by atoms with Gasteiger partial charge in [0.2, 0.25) is 0 Å². The Morgan fingerprint density at radius 1 is 1.15 bits per heavy atom. The third-order valence-electron chi connectivity index (χ3n) is 6.95. The number of aromatic amines is 1. The summed E-state index contributed by atoms with van der Waals surface area (Å²) < 4.78 is 5.48. The lowest BCUT2D eigenvalue weighted by Crippen LogP contribution is -2.66. The second-order valence-electron chi connectivity index (χ2n) is 8.03. The van der Waals surface area contributed by atoms with Gasteiger partial charge in [0, 0.05) is 42.4 Å². The lowest BCUT2D eigenvalue weighted by Gasteiger charge is -2.61. The molecule has 2 bridgehead atoms. The van der Waals surface area contributed by atoms with Crippen molar-refractivity contribution in [2.75, 3.05) is 26.7 Å². The van der Waals surface area contributed by atoms with Gasteiger partial charge in [-0.2, -0.15) is 0 Å². The van der Waals surface area contributed by atoms with Crippen LogP contribution in [0.4, 0.5) is 0 Å². The van der Waals surface area contributed by atoms with Crippen LogP contribution in [0.3, 0.4) is 0 Å². The highest BCUT2D eigenvalue weighted by Gasteiger charge is 2.55. The molecule has 1 atom stereocenters. The van der Waals surface area contributed by atoms with Crippen LogP contribution in [0.2, 0.25) is 0 Å². The van der Waals surface area contributed by atoms with E-state index in [1.807, 2.05) is 12.3 Å². The molecule has 7 rings (SSSR count). The maximum Gasteiger partial charge on any atom is 0.119 e. The number of nitrogens with zero attached hydrogens (tertiary/aromatic N) is 3. The van der Waals surface area contributed by atoms with Gasteiger partial charge in [-0.05, 0) is 55.2 Å². The Morgan fingerprint density at radius 3 is 2.81 bits per heavy atom. The molecule has 138 valence electrons. The maximum atomic E-state index is 5.48. The first-order valence-electron chi connectivity index (χ1n) is 9.91. The van der Waals surface area contributed by atoms with E-state index in [4.69, 9.17) is 9.72 Å². The molecule has 0 amide bonds. The van der Waals surface area contributed by atoms with E-state index < -0.39 is 0 Å². The molecule has 5 heteroatoms. The molecule has 3 aromatic rings. The summed E-state index contributed by atoms with van der Waals surface area (Å²) in [5, 5.41) is 1.33. The number of benzene rings is 1. The van der Waals surface area contributed by atoms with Crippen molar-refractivity contribution in [3.05, 3.63) is 59.5 Å². The van der Waals surface area contributed by atoms with Crippen molar-refractivity contribution in [1.82, 2.24) is 19.8 Å². The van der Waals surface area contributed by atoms with E-state index in [9.17, 15) is 0 Å². The van der Waals surface area contributed by atoms with Gasteiger partial charge in [-0.25, -0.2) is 0 Å². The molecule has 1 spiro atoms. The Morgan fingerprint density at radius 2 is 2.04 bits per heavy atom. The molecule has 1 aromatic carbocycles. The normalized spacial score (nSPS) is 29.5. The van der Waals surface area contributed by atoms with Crippen LogP contribution in [0.15, 0.2) is 42.6 Å². The van der Waals surface area contributed by atoms with Gasteiger partial charge in [0.15, 0.2) is 0 Å². The lowest BCUT2D eigenvalue weighted by molar-refractivity contribution is -0.150. The van der Waals surface area contributed by atoms with Gasteiger partial charge >= 0.3 is 0 Å². The lowest BCUT2D eigenvalue weighted by atomic mass is 9.74. The van der Waals surface area contributed by atoms with Gasteiger partial charge in [-0.15, -0.1) is 0 Å². The Labute approximate surface area is 158 Å². The molecule has 0 unspecified atom stereocenters. The van der Waals surface area contributed by atoms with E-state index in [1.54, 1.807) is 7.11 Å². The number of nitrogens with one attached hydrogen (secondary N) is 1. The van der Waals surface area contributed by atoms with E-state index in [1.165, 1.54) is 40.7 Å². The number of rotatable bonds is 2. The maximum absolute atomic E-state index is 5.48. The molecule has 1 N–H and O–H groups in total. The molecule has 3 fully saturated rings. The monoisotopic (exact) mass is 360 g/mol. The summed E-state index contributed by atoms with van der Waals surface area (Å²) in [7, 11) is 1.75. The predicted molar refractivity (Wildman–Crippen MR) is 105 cm³/mol. The third-order valence-corrected chi connectivity index (χ3v) is 6.95. The minimum Gasteiger partial charge on any atom is -0.497 e. The smallest absolute Gasteiger partial charge is 0.119 e. The fourth-order valence-corrected chi connectivity index (χ4v) is 5.71. The Bertz CT molecular complexity index is 1000. The third kappa shape index (κ3) is 2.04. The Kier molecular flexibility index (Phi) is 3.23. The van der Waals surface area contributed by atoms with Crippen molar-refractivity contribution in [3.63, 3.8) is 0 Å². The molecule has 0 saturated carbocycles. The minimum atomic E-state index is 0.108. The van der Waals surface area contributed by atoms with Crippen LogP contribution in [0.1, 0.15) is 36.0 Å². The van der Waals surface area contributed by atoms with Crippen LogP contribution in [0.25, 0.3) is 10.9 Å². The molecular weight excluding hydrogens is 336 g/mol. The summed E-state index contributed by atoms with van der Waals surface area (Å²) in [6.45, 7) is 3.35. The Hall–Kier alpha value is -2.37. The second kappa shape index (κ2) is 5.57. The summed E-state index contributed by atoms with van der Waals surface area (Å²) in [5.74, 6) is 0.939. The highest BCUT2D eigenvalue weighted by molar-refractivity contribution is 5.87. The van der Waals surface area contributed by atoms with Crippen LogP contribution in [-0.4, -0.2) is 46.5 Å². The number of piperidine rings is 1. The van der Waals surface area contributed by atoms with Crippen molar-refractivity contribution < 1.29 is 4.74 Å². The SMILES string of the molecule is COc1ccc2[nH]c3c(c2c1)CCN1[C@@H](c2ccccn2)N2CCC31CC2. The van der Waals surface area contributed by atoms with E-state index in [0.717, 1.165) is 31.8 Å². The van der Waals surface area contributed by atoms with Crippen LogP contribution >= 0.6 is 0 Å². The molecule has 3 saturated heterocycles. The zero-order valence-corrected chi connectivity index (χ0v) is 15.6. The van der Waals surface area contributed by atoms with Crippen molar-refractivity contribution >= 4 is 10.9 Å². The fraction of sp³-hybridized carbons (Fsp3) is 0.409. The number of hydrogen-bond acceptors (Lipinski definition) is 4. The fourth-order valence-electron chi connectivity index (χ4n) is 5.71. The minimum absolute atomic E-state index is 0.108. The molecule has 5 nitrogen and oxygen atoms in total. The number of methoxy groups -OCH3 is 1. The molecule has 0 aliphatic carbocycles. The van der Waals surface area contributed by atoms with Crippen molar-refractivity contribution in [3.8, 4) is 5.75 Å². The number of hydrogen-bond donors (Lipinski definition) is 1. The number of aromatic nitrogens is 2. The van der Waals surface area contributed by atoms with Gasteiger partial charge in [-0.3, -0.25) is 14.8 Å². The first-order chi connectivity index (χ1) is 13.3. The standard InChI is InChI=1S/C22H24N4O/c1-27-15-5-6-18-17(14-15)16-7-11-26-21(19-4-2-3-10-23-19)25-12-8-22(26,9-13-25)20(16)24-18/h2-6,10,14,21,24H,7-9,11-13H2,1H3/t21-/m0/s1. The number of pyridine rings is 1. The first-order valence-corrected chi connectivity index (χ1v) is 9.91. The van der Waals surface area contributed by atoms with Gasteiger partial charge in [0.05, 0.1) is 18.3 Å². The summed E-state index contributed by atoms with van der Waals surface area (Å²) in [4.78, 5) is 13.9. The Balaban J connectivity index is 1.52. The van der Waals surface area contributed by atoms with E-state index >= 15 is 0 Å². The van der Waals surface area contributed by atoms with Crippen LogP contribution in [0.5, 0.6) is 5.75 Å².